The SMILES string of the molecule is CC1CN(C(=O)Cn2c(C3CCCNC3)cc3cccnc32)CC(C)O1. The lowest BCUT2D eigenvalue weighted by molar-refractivity contribution is -0.143. The number of rotatable bonds is 3. The fraction of sp³-hybridized carbons (Fsp3) is 0.600. The number of carbonyl (C=O) groups excluding carboxylic acids is 1. The van der Waals surface area contributed by atoms with Crippen LogP contribution in [0.1, 0.15) is 38.3 Å². The van der Waals surface area contributed by atoms with Crippen molar-refractivity contribution >= 4 is 16.9 Å². The van der Waals surface area contributed by atoms with E-state index in [0.29, 0.717) is 25.6 Å². The summed E-state index contributed by atoms with van der Waals surface area (Å²) in [6.45, 7) is 7.79. The molecule has 2 aromatic heterocycles. The van der Waals surface area contributed by atoms with E-state index in [2.05, 4.69) is 27.0 Å². The summed E-state index contributed by atoms with van der Waals surface area (Å²) in [4.78, 5) is 19.6. The van der Waals surface area contributed by atoms with Crippen molar-refractivity contribution in [3.63, 3.8) is 0 Å². The van der Waals surface area contributed by atoms with Crippen LogP contribution < -0.4 is 5.32 Å². The number of hydrogen-bond donors (Lipinski definition) is 1. The van der Waals surface area contributed by atoms with Gasteiger partial charge < -0.3 is 19.5 Å². The summed E-state index contributed by atoms with van der Waals surface area (Å²) in [6, 6.07) is 6.27. The summed E-state index contributed by atoms with van der Waals surface area (Å²) < 4.78 is 7.91. The normalized spacial score (nSPS) is 27.0. The van der Waals surface area contributed by atoms with Gasteiger partial charge in [-0.1, -0.05) is 0 Å². The summed E-state index contributed by atoms with van der Waals surface area (Å²) in [6.07, 6.45) is 4.31. The van der Waals surface area contributed by atoms with Crippen LogP contribution >= 0.6 is 0 Å². The maximum atomic E-state index is 13.0. The van der Waals surface area contributed by atoms with Gasteiger partial charge in [-0.2, -0.15) is 0 Å². The molecule has 1 N–H and O–H groups in total. The predicted molar refractivity (Wildman–Crippen MR) is 101 cm³/mol. The van der Waals surface area contributed by atoms with Crippen LogP contribution in [-0.4, -0.2) is 58.7 Å². The molecule has 4 heterocycles. The summed E-state index contributed by atoms with van der Waals surface area (Å²) in [5.41, 5.74) is 2.14. The maximum absolute atomic E-state index is 13.0. The number of nitrogens with one attached hydrogen (secondary N) is 1. The van der Waals surface area contributed by atoms with Gasteiger partial charge in [0.2, 0.25) is 5.91 Å². The molecule has 2 aliphatic rings. The van der Waals surface area contributed by atoms with E-state index < -0.39 is 0 Å². The van der Waals surface area contributed by atoms with Crippen LogP contribution in [0.25, 0.3) is 11.0 Å². The molecule has 0 aliphatic carbocycles. The molecule has 2 aromatic rings. The van der Waals surface area contributed by atoms with Crippen LogP contribution in [0, 0.1) is 0 Å². The Bertz CT molecular complexity index is 771. The third-order valence-electron chi connectivity index (χ3n) is 5.47. The van der Waals surface area contributed by atoms with Crippen LogP contribution in [0.3, 0.4) is 0 Å². The second kappa shape index (κ2) is 7.37. The van der Waals surface area contributed by atoms with Gasteiger partial charge >= 0.3 is 0 Å². The number of pyridine rings is 1. The minimum atomic E-state index is 0.0873. The van der Waals surface area contributed by atoms with Gasteiger partial charge in [-0.25, -0.2) is 4.98 Å². The predicted octanol–water partition coefficient (Wildman–Crippen LogP) is 2.14. The van der Waals surface area contributed by atoms with Crippen molar-refractivity contribution in [2.45, 2.75) is 51.4 Å². The Balaban J connectivity index is 1.63. The highest BCUT2D eigenvalue weighted by atomic mass is 16.5. The van der Waals surface area contributed by atoms with Crippen LogP contribution in [-0.2, 0) is 16.1 Å². The molecular formula is C20H28N4O2. The fourth-order valence-electron chi connectivity index (χ4n) is 4.33. The molecule has 6 nitrogen and oxygen atoms in total. The highest BCUT2D eigenvalue weighted by molar-refractivity contribution is 5.82. The van der Waals surface area contributed by atoms with Crippen LogP contribution in [0.2, 0.25) is 0 Å². The number of nitrogens with zero attached hydrogens (tertiary/aromatic N) is 3. The third-order valence-corrected chi connectivity index (χ3v) is 5.47. The molecule has 4 rings (SSSR count). The highest BCUT2D eigenvalue weighted by Gasteiger charge is 2.28. The number of amides is 1. The molecule has 2 aliphatic heterocycles. The lowest BCUT2D eigenvalue weighted by Gasteiger charge is -2.35. The molecule has 3 atom stereocenters. The van der Waals surface area contributed by atoms with Crippen molar-refractivity contribution in [1.82, 2.24) is 19.8 Å². The third kappa shape index (κ3) is 3.48. The van der Waals surface area contributed by atoms with E-state index in [4.69, 9.17) is 4.74 Å². The summed E-state index contributed by atoms with van der Waals surface area (Å²) >= 11 is 0. The minimum Gasteiger partial charge on any atom is -0.372 e. The maximum Gasteiger partial charge on any atom is 0.242 e. The average molecular weight is 356 g/mol. The number of ether oxygens (including phenoxy) is 1. The molecule has 0 aromatic carbocycles. The zero-order valence-corrected chi connectivity index (χ0v) is 15.6. The summed E-state index contributed by atoms with van der Waals surface area (Å²) in [7, 11) is 0. The van der Waals surface area contributed by atoms with Gasteiger partial charge in [-0.3, -0.25) is 4.79 Å². The minimum absolute atomic E-state index is 0.0873. The van der Waals surface area contributed by atoms with Crippen molar-refractivity contribution in [2.24, 2.45) is 0 Å². The lowest BCUT2D eigenvalue weighted by Crippen LogP contribution is -2.49. The van der Waals surface area contributed by atoms with E-state index in [1.807, 2.05) is 31.0 Å². The van der Waals surface area contributed by atoms with Gasteiger partial charge in [0, 0.05) is 42.8 Å². The monoisotopic (exact) mass is 356 g/mol. The van der Waals surface area contributed by atoms with Crippen molar-refractivity contribution in [2.75, 3.05) is 26.2 Å². The van der Waals surface area contributed by atoms with Crippen molar-refractivity contribution in [3.05, 3.63) is 30.1 Å². The molecule has 2 saturated heterocycles. The first kappa shape index (κ1) is 17.5. The molecule has 6 heteroatoms. The van der Waals surface area contributed by atoms with Gasteiger partial charge in [-0.15, -0.1) is 0 Å². The first-order chi connectivity index (χ1) is 12.6. The lowest BCUT2D eigenvalue weighted by atomic mass is 9.96. The second-order valence-corrected chi connectivity index (χ2v) is 7.67. The van der Waals surface area contributed by atoms with Crippen LogP contribution in [0.4, 0.5) is 0 Å². The van der Waals surface area contributed by atoms with E-state index in [1.54, 1.807) is 0 Å². The Morgan fingerprint density at radius 2 is 2.15 bits per heavy atom. The van der Waals surface area contributed by atoms with Crippen molar-refractivity contribution in [1.29, 1.82) is 0 Å². The number of carbonyl (C=O) groups is 1. The first-order valence-electron chi connectivity index (χ1n) is 9.70. The van der Waals surface area contributed by atoms with Crippen molar-refractivity contribution < 1.29 is 9.53 Å². The Morgan fingerprint density at radius 1 is 1.35 bits per heavy atom. The van der Waals surface area contributed by atoms with E-state index in [9.17, 15) is 4.79 Å². The first-order valence-corrected chi connectivity index (χ1v) is 9.70. The molecule has 140 valence electrons. The molecule has 2 fully saturated rings. The molecule has 26 heavy (non-hydrogen) atoms. The van der Waals surface area contributed by atoms with E-state index in [0.717, 1.165) is 30.5 Å². The number of piperidine rings is 1. The van der Waals surface area contributed by atoms with E-state index >= 15 is 0 Å². The Labute approximate surface area is 154 Å². The molecule has 3 unspecified atom stereocenters. The van der Waals surface area contributed by atoms with Gasteiger partial charge in [0.05, 0.1) is 12.2 Å². The smallest absolute Gasteiger partial charge is 0.242 e. The molecule has 0 spiro atoms. The number of morpholine rings is 1. The number of aromatic nitrogens is 2. The van der Waals surface area contributed by atoms with Crippen LogP contribution in [0.5, 0.6) is 0 Å². The van der Waals surface area contributed by atoms with Crippen molar-refractivity contribution in [3.8, 4) is 0 Å². The van der Waals surface area contributed by atoms with E-state index in [1.165, 1.54) is 12.1 Å². The molecule has 0 bridgehead atoms. The number of hydrogen-bond acceptors (Lipinski definition) is 4. The second-order valence-electron chi connectivity index (χ2n) is 7.67. The van der Waals surface area contributed by atoms with Gasteiger partial charge in [-0.05, 0) is 51.4 Å². The summed E-state index contributed by atoms with van der Waals surface area (Å²) in [5, 5.41) is 4.60. The van der Waals surface area contributed by atoms with Crippen LogP contribution in [0.15, 0.2) is 24.4 Å². The van der Waals surface area contributed by atoms with Gasteiger partial charge in [0.15, 0.2) is 0 Å². The fourth-order valence-corrected chi connectivity index (χ4v) is 4.33. The standard InChI is InChI=1S/C20H28N4O2/c1-14-11-23(12-15(2)26-14)19(25)13-24-18(17-6-3-7-21-10-17)9-16-5-4-8-22-20(16)24/h4-5,8-9,14-15,17,21H,3,6-7,10-13H2,1-2H3. The van der Waals surface area contributed by atoms with E-state index in [-0.39, 0.29) is 18.1 Å². The largest absolute Gasteiger partial charge is 0.372 e. The molecule has 0 radical (unpaired) electrons. The Hall–Kier alpha value is -1.92. The highest BCUT2D eigenvalue weighted by Crippen LogP contribution is 2.29. The Kier molecular flexibility index (Phi) is 4.96. The Morgan fingerprint density at radius 3 is 2.88 bits per heavy atom. The topological polar surface area (TPSA) is 59.4 Å². The molecule has 1 amide bonds. The quantitative estimate of drug-likeness (QED) is 0.915. The molecular weight excluding hydrogens is 328 g/mol. The van der Waals surface area contributed by atoms with Gasteiger partial charge in [0.25, 0.3) is 0 Å². The number of fused-ring (bicyclic) bond motifs is 1. The zero-order valence-electron chi connectivity index (χ0n) is 15.6. The average Bonchev–Trinajstić information content (AvgIpc) is 3.00. The zero-order chi connectivity index (χ0) is 18.1. The summed E-state index contributed by atoms with van der Waals surface area (Å²) in [5.74, 6) is 0.591. The molecule has 0 saturated carbocycles. The van der Waals surface area contributed by atoms with Gasteiger partial charge in [0.1, 0.15) is 12.2 Å².